The highest BCUT2D eigenvalue weighted by molar-refractivity contribution is 6.31. The molecule has 1 aliphatic heterocycles. The number of nitrogens with one attached hydrogen (secondary N) is 1. The van der Waals surface area contributed by atoms with Crippen LogP contribution in [0.4, 0.5) is 8.78 Å². The molecule has 0 aliphatic carbocycles. The molecule has 23 heavy (non-hydrogen) atoms. The van der Waals surface area contributed by atoms with Gasteiger partial charge in [-0.05, 0) is 44.7 Å². The van der Waals surface area contributed by atoms with Gasteiger partial charge < -0.3 is 15.2 Å². The molecule has 0 aromatic heterocycles. The lowest BCUT2D eigenvalue weighted by Gasteiger charge is -2.39. The van der Waals surface area contributed by atoms with Gasteiger partial charge in [0, 0.05) is 31.7 Å². The van der Waals surface area contributed by atoms with Crippen LogP contribution < -0.4 is 5.32 Å². The molecule has 0 spiro atoms. The first-order valence-corrected chi connectivity index (χ1v) is 8.44. The minimum absolute atomic E-state index is 0.0926. The Morgan fingerprint density at radius 3 is 2.83 bits per heavy atom. The second-order valence-corrected chi connectivity index (χ2v) is 6.52. The van der Waals surface area contributed by atoms with Crippen LogP contribution in [0.25, 0.3) is 0 Å². The predicted molar refractivity (Wildman–Crippen MR) is 86.6 cm³/mol. The van der Waals surface area contributed by atoms with E-state index in [0.29, 0.717) is 26.0 Å². The molecule has 0 saturated carbocycles. The van der Waals surface area contributed by atoms with Crippen molar-refractivity contribution in [3.8, 4) is 0 Å². The maximum atomic E-state index is 14.5. The van der Waals surface area contributed by atoms with Crippen molar-refractivity contribution in [3.05, 3.63) is 34.4 Å². The summed E-state index contributed by atoms with van der Waals surface area (Å²) in [6.45, 7) is 2.09. The van der Waals surface area contributed by atoms with Crippen LogP contribution in [0.2, 0.25) is 5.02 Å². The van der Waals surface area contributed by atoms with Crippen LogP contribution in [0.15, 0.2) is 12.1 Å². The normalized spacial score (nSPS) is 21.2. The number of unbranched alkanes of at least 4 members (excludes halogenated alkanes) is 1. The lowest BCUT2D eigenvalue weighted by molar-refractivity contribution is -0.0461. The molecule has 0 radical (unpaired) electrons. The minimum Gasteiger partial charge on any atom is -0.385 e. The Labute approximate surface area is 141 Å². The zero-order chi connectivity index (χ0) is 16.9. The molecule has 2 N–H and O–H groups in total. The number of hydrogen-bond acceptors (Lipinski definition) is 3. The molecule has 1 unspecified atom stereocenters. The van der Waals surface area contributed by atoms with E-state index in [1.54, 1.807) is 7.11 Å². The number of methoxy groups -OCH3 is 1. The van der Waals surface area contributed by atoms with E-state index in [1.165, 1.54) is 6.07 Å². The maximum Gasteiger partial charge on any atom is 0.150 e. The highest BCUT2D eigenvalue weighted by Gasteiger charge is 2.41. The summed E-state index contributed by atoms with van der Waals surface area (Å²) in [5.41, 5.74) is -1.27. The first kappa shape index (κ1) is 18.6. The van der Waals surface area contributed by atoms with Gasteiger partial charge in [0.2, 0.25) is 0 Å². The summed E-state index contributed by atoms with van der Waals surface area (Å²) in [5, 5.41) is 14.0. The van der Waals surface area contributed by atoms with Crippen LogP contribution >= 0.6 is 11.6 Å². The van der Waals surface area contributed by atoms with E-state index < -0.39 is 22.3 Å². The molecule has 6 heteroatoms. The number of aliphatic hydroxyl groups is 1. The molecule has 1 aromatic carbocycles. The van der Waals surface area contributed by atoms with Crippen LogP contribution in [-0.4, -0.2) is 31.9 Å². The van der Waals surface area contributed by atoms with E-state index in [4.69, 9.17) is 16.3 Å². The molecule has 1 saturated heterocycles. The third-order valence-corrected chi connectivity index (χ3v) is 4.98. The van der Waals surface area contributed by atoms with Gasteiger partial charge in [-0.15, -0.1) is 0 Å². The molecule has 3 nitrogen and oxygen atoms in total. The number of halogens is 3. The van der Waals surface area contributed by atoms with Gasteiger partial charge in [-0.1, -0.05) is 17.7 Å². The lowest BCUT2D eigenvalue weighted by atomic mass is 9.74. The van der Waals surface area contributed by atoms with Gasteiger partial charge in [0.15, 0.2) is 5.82 Å². The average Bonchev–Trinajstić information content (AvgIpc) is 2.57. The summed E-state index contributed by atoms with van der Waals surface area (Å²) >= 11 is 5.71. The van der Waals surface area contributed by atoms with Crippen molar-refractivity contribution in [2.24, 2.45) is 5.92 Å². The van der Waals surface area contributed by atoms with Crippen molar-refractivity contribution >= 4 is 11.6 Å². The molecule has 1 aliphatic rings. The highest BCUT2D eigenvalue weighted by Crippen LogP contribution is 2.41. The molecule has 130 valence electrons. The topological polar surface area (TPSA) is 41.5 Å². The molecule has 1 heterocycles. The van der Waals surface area contributed by atoms with Crippen molar-refractivity contribution in [3.63, 3.8) is 0 Å². The van der Waals surface area contributed by atoms with Crippen LogP contribution in [0, 0.1) is 17.6 Å². The van der Waals surface area contributed by atoms with Gasteiger partial charge in [0.25, 0.3) is 0 Å². The third-order valence-electron chi connectivity index (χ3n) is 4.63. The summed E-state index contributed by atoms with van der Waals surface area (Å²) in [4.78, 5) is 0. The van der Waals surface area contributed by atoms with Crippen molar-refractivity contribution in [2.45, 2.75) is 37.7 Å². The van der Waals surface area contributed by atoms with Crippen LogP contribution in [0.5, 0.6) is 0 Å². The molecular weight excluding hydrogens is 324 g/mol. The van der Waals surface area contributed by atoms with E-state index in [0.717, 1.165) is 31.9 Å². The van der Waals surface area contributed by atoms with E-state index >= 15 is 0 Å². The highest BCUT2D eigenvalue weighted by atomic mass is 35.5. The smallest absolute Gasteiger partial charge is 0.150 e. The number of piperidine rings is 1. The van der Waals surface area contributed by atoms with Crippen molar-refractivity contribution in [1.82, 2.24) is 5.32 Å². The van der Waals surface area contributed by atoms with Gasteiger partial charge in [-0.2, -0.15) is 0 Å². The molecule has 1 aromatic rings. The van der Waals surface area contributed by atoms with Crippen LogP contribution in [0.3, 0.4) is 0 Å². The van der Waals surface area contributed by atoms with Gasteiger partial charge in [0.1, 0.15) is 10.8 Å². The second-order valence-electron chi connectivity index (χ2n) is 6.14. The van der Waals surface area contributed by atoms with Crippen molar-refractivity contribution in [1.29, 1.82) is 0 Å². The van der Waals surface area contributed by atoms with E-state index in [-0.39, 0.29) is 11.5 Å². The van der Waals surface area contributed by atoms with Crippen LogP contribution in [0.1, 0.15) is 37.7 Å². The molecular formula is C17H24ClF2NO2. The van der Waals surface area contributed by atoms with E-state index in [1.807, 2.05) is 0 Å². The van der Waals surface area contributed by atoms with Gasteiger partial charge in [-0.3, -0.25) is 0 Å². The maximum absolute atomic E-state index is 14.5. The van der Waals surface area contributed by atoms with Gasteiger partial charge >= 0.3 is 0 Å². The molecule has 0 amide bonds. The van der Waals surface area contributed by atoms with Crippen molar-refractivity contribution in [2.75, 3.05) is 26.8 Å². The standard InChI is InChI=1S/C17H24ClF2NO2/c1-23-10-3-2-8-17(22,12-5-4-9-21-11-12)13-6-7-14(19)15(18)16(13)20/h6-7,12,21-22H,2-5,8-11H2,1H3/t12?,17-/m0/s1. The Morgan fingerprint density at radius 2 is 2.17 bits per heavy atom. The third kappa shape index (κ3) is 4.21. The Kier molecular flexibility index (Phi) is 6.77. The summed E-state index contributed by atoms with van der Waals surface area (Å²) in [6, 6.07) is 2.44. The van der Waals surface area contributed by atoms with Crippen molar-refractivity contribution < 1.29 is 18.6 Å². The zero-order valence-electron chi connectivity index (χ0n) is 13.4. The number of ether oxygens (including phenoxy) is 1. The fraction of sp³-hybridized carbons (Fsp3) is 0.647. The van der Waals surface area contributed by atoms with Gasteiger partial charge in [-0.25, -0.2) is 8.78 Å². The summed E-state index contributed by atoms with van der Waals surface area (Å²) in [6.07, 6.45) is 3.57. The Morgan fingerprint density at radius 1 is 1.39 bits per heavy atom. The largest absolute Gasteiger partial charge is 0.385 e. The SMILES string of the molecule is COCCCC[C@@](O)(c1ccc(F)c(Cl)c1F)C1CCCNC1. The Bertz CT molecular complexity index is 524. The fourth-order valence-electron chi connectivity index (χ4n) is 3.32. The quantitative estimate of drug-likeness (QED) is 0.584. The lowest BCUT2D eigenvalue weighted by Crippen LogP contribution is -2.45. The summed E-state index contributed by atoms with van der Waals surface area (Å²) in [5.74, 6) is -1.79. The predicted octanol–water partition coefficient (Wildman–Crippen LogP) is 3.62. The number of benzene rings is 1. The monoisotopic (exact) mass is 347 g/mol. The number of hydrogen-bond donors (Lipinski definition) is 2. The minimum atomic E-state index is -1.36. The summed E-state index contributed by atoms with van der Waals surface area (Å²) in [7, 11) is 1.62. The molecule has 2 rings (SSSR count). The van der Waals surface area contributed by atoms with E-state index in [2.05, 4.69) is 5.32 Å². The molecule has 2 atom stereocenters. The first-order valence-electron chi connectivity index (χ1n) is 8.06. The first-order chi connectivity index (χ1) is 11.0. The zero-order valence-corrected chi connectivity index (χ0v) is 14.1. The molecule has 0 bridgehead atoms. The second kappa shape index (κ2) is 8.38. The van der Waals surface area contributed by atoms with Crippen LogP contribution in [-0.2, 0) is 10.3 Å². The Balaban J connectivity index is 2.30. The number of rotatable bonds is 7. The van der Waals surface area contributed by atoms with E-state index in [9.17, 15) is 13.9 Å². The molecule has 1 fully saturated rings. The summed E-state index contributed by atoms with van der Waals surface area (Å²) < 4.78 is 33.0. The van der Waals surface area contributed by atoms with Gasteiger partial charge in [0.05, 0.1) is 5.60 Å². The Hall–Kier alpha value is -0.750. The fourth-order valence-corrected chi connectivity index (χ4v) is 3.48. The average molecular weight is 348 g/mol.